The Balaban J connectivity index is 1.55. The molecule has 0 aliphatic heterocycles. The van der Waals surface area contributed by atoms with Gasteiger partial charge in [-0.2, -0.15) is 0 Å². The lowest BCUT2D eigenvalue weighted by Crippen LogP contribution is -2.33. The smallest absolute Gasteiger partial charge is 0.238 e. The van der Waals surface area contributed by atoms with Gasteiger partial charge in [-0.1, -0.05) is 66.2 Å². The van der Waals surface area contributed by atoms with Crippen molar-refractivity contribution in [2.45, 2.75) is 13.0 Å². The van der Waals surface area contributed by atoms with Gasteiger partial charge in [-0.15, -0.1) is 0 Å². The third-order valence-electron chi connectivity index (χ3n) is 4.97. The highest BCUT2D eigenvalue weighted by atomic mass is 16.2. The number of carbonyl (C=O) groups is 1. The molecule has 0 saturated heterocycles. The molecule has 26 heavy (non-hydrogen) atoms. The van der Waals surface area contributed by atoms with E-state index in [9.17, 15) is 4.79 Å². The fourth-order valence-corrected chi connectivity index (χ4v) is 3.76. The van der Waals surface area contributed by atoms with Crippen molar-refractivity contribution in [2.75, 3.05) is 18.9 Å². The highest BCUT2D eigenvalue weighted by molar-refractivity contribution is 5.92. The molecule has 3 aromatic rings. The van der Waals surface area contributed by atoms with Crippen LogP contribution in [0.1, 0.15) is 22.7 Å². The third kappa shape index (κ3) is 3.02. The topological polar surface area (TPSA) is 32.3 Å². The Morgan fingerprint density at radius 1 is 0.885 bits per heavy atom. The van der Waals surface area contributed by atoms with E-state index in [1.54, 1.807) is 0 Å². The van der Waals surface area contributed by atoms with Crippen LogP contribution in [0.15, 0.2) is 72.8 Å². The van der Waals surface area contributed by atoms with Crippen LogP contribution >= 0.6 is 0 Å². The van der Waals surface area contributed by atoms with E-state index < -0.39 is 0 Å². The summed E-state index contributed by atoms with van der Waals surface area (Å²) < 4.78 is 0. The molecule has 1 amide bonds. The lowest BCUT2D eigenvalue weighted by Gasteiger charge is -2.25. The summed E-state index contributed by atoms with van der Waals surface area (Å²) in [7, 11) is 2.01. The first-order valence-corrected chi connectivity index (χ1v) is 8.88. The van der Waals surface area contributed by atoms with Crippen molar-refractivity contribution in [3.63, 3.8) is 0 Å². The average Bonchev–Trinajstić information content (AvgIpc) is 2.98. The Bertz CT molecular complexity index is 901. The number of carbonyl (C=O) groups excluding carboxylic acids is 1. The molecule has 0 spiro atoms. The van der Waals surface area contributed by atoms with Crippen molar-refractivity contribution >= 4 is 11.6 Å². The molecule has 3 nitrogen and oxygen atoms in total. The van der Waals surface area contributed by atoms with Crippen LogP contribution in [0, 0.1) is 6.92 Å². The number of rotatable bonds is 4. The van der Waals surface area contributed by atoms with Gasteiger partial charge in [-0.3, -0.25) is 9.69 Å². The molecule has 4 rings (SSSR count). The summed E-state index contributed by atoms with van der Waals surface area (Å²) in [6.45, 7) is 2.37. The van der Waals surface area contributed by atoms with Gasteiger partial charge in [0, 0.05) is 5.69 Å². The normalized spacial score (nSPS) is 12.7. The lowest BCUT2D eigenvalue weighted by atomic mass is 10.0. The second-order valence-corrected chi connectivity index (χ2v) is 6.91. The maximum atomic E-state index is 12.5. The summed E-state index contributed by atoms with van der Waals surface area (Å²) >= 11 is 0. The van der Waals surface area contributed by atoms with Gasteiger partial charge in [-0.25, -0.2) is 0 Å². The van der Waals surface area contributed by atoms with Crippen LogP contribution in [0.25, 0.3) is 11.1 Å². The number of anilines is 1. The number of benzene rings is 3. The summed E-state index contributed by atoms with van der Waals surface area (Å²) in [4.78, 5) is 14.7. The van der Waals surface area contributed by atoms with Gasteiger partial charge in [0.1, 0.15) is 0 Å². The molecule has 1 N–H and O–H groups in total. The van der Waals surface area contributed by atoms with Gasteiger partial charge in [-0.05, 0) is 48.4 Å². The first-order chi connectivity index (χ1) is 12.6. The van der Waals surface area contributed by atoms with E-state index in [4.69, 9.17) is 0 Å². The first kappa shape index (κ1) is 16.6. The molecular formula is C23H22N2O. The number of likely N-dealkylation sites (N-methyl/N-ethyl adjacent to an activating group) is 1. The molecule has 0 atom stereocenters. The molecule has 0 bridgehead atoms. The Morgan fingerprint density at radius 2 is 1.42 bits per heavy atom. The van der Waals surface area contributed by atoms with Crippen molar-refractivity contribution in [1.29, 1.82) is 0 Å². The van der Waals surface area contributed by atoms with Gasteiger partial charge >= 0.3 is 0 Å². The molecule has 130 valence electrons. The number of fused-ring (bicyclic) bond motifs is 3. The molecule has 0 unspecified atom stereocenters. The van der Waals surface area contributed by atoms with Crippen LogP contribution in [-0.4, -0.2) is 24.4 Å². The van der Waals surface area contributed by atoms with E-state index in [-0.39, 0.29) is 11.9 Å². The van der Waals surface area contributed by atoms with Crippen LogP contribution < -0.4 is 5.32 Å². The lowest BCUT2D eigenvalue weighted by molar-refractivity contribution is -0.117. The fourth-order valence-electron chi connectivity index (χ4n) is 3.76. The van der Waals surface area contributed by atoms with Gasteiger partial charge in [0.15, 0.2) is 0 Å². The minimum absolute atomic E-state index is 0.00165. The van der Waals surface area contributed by atoms with Crippen molar-refractivity contribution in [1.82, 2.24) is 4.90 Å². The van der Waals surface area contributed by atoms with Crippen LogP contribution in [0.4, 0.5) is 5.69 Å². The fraction of sp³-hybridized carbons (Fsp3) is 0.174. The summed E-state index contributed by atoms with van der Waals surface area (Å²) in [6, 6.07) is 24.9. The number of aryl methyl sites for hydroxylation is 1. The van der Waals surface area contributed by atoms with E-state index in [1.165, 1.54) is 27.8 Å². The van der Waals surface area contributed by atoms with Gasteiger partial charge in [0.05, 0.1) is 12.6 Å². The summed E-state index contributed by atoms with van der Waals surface area (Å²) in [6.07, 6.45) is 0. The van der Waals surface area contributed by atoms with Crippen molar-refractivity contribution in [3.8, 4) is 11.1 Å². The molecule has 1 aliphatic carbocycles. The Kier molecular flexibility index (Phi) is 4.31. The van der Waals surface area contributed by atoms with E-state index in [1.807, 2.05) is 38.2 Å². The predicted molar refractivity (Wildman–Crippen MR) is 106 cm³/mol. The van der Waals surface area contributed by atoms with Gasteiger partial charge in [0.25, 0.3) is 0 Å². The maximum Gasteiger partial charge on any atom is 0.238 e. The average molecular weight is 342 g/mol. The van der Waals surface area contributed by atoms with Crippen LogP contribution in [0.2, 0.25) is 0 Å². The Hall–Kier alpha value is -2.91. The SMILES string of the molecule is Cc1ccc(NC(=O)CN(C)C2c3ccccc3-c3ccccc32)cc1. The standard InChI is InChI=1S/C23H22N2O/c1-16-11-13-17(14-12-16)24-22(26)15-25(2)23-20-9-5-3-7-18(20)19-8-4-6-10-21(19)23/h3-14,23H,15H2,1-2H3,(H,24,26). The van der Waals surface area contributed by atoms with E-state index in [2.05, 4.69) is 58.7 Å². The second kappa shape index (κ2) is 6.77. The molecule has 0 radical (unpaired) electrons. The summed E-state index contributed by atoms with van der Waals surface area (Å²) in [5.41, 5.74) is 7.07. The van der Waals surface area contributed by atoms with E-state index in [0.29, 0.717) is 6.54 Å². The number of nitrogens with one attached hydrogen (secondary N) is 1. The number of nitrogens with zero attached hydrogens (tertiary/aromatic N) is 1. The summed E-state index contributed by atoms with van der Waals surface area (Å²) in [5, 5.41) is 2.99. The van der Waals surface area contributed by atoms with E-state index in [0.717, 1.165) is 5.69 Å². The second-order valence-electron chi connectivity index (χ2n) is 6.91. The van der Waals surface area contributed by atoms with Crippen molar-refractivity contribution in [3.05, 3.63) is 89.5 Å². The summed E-state index contributed by atoms with van der Waals surface area (Å²) in [5.74, 6) is -0.00165. The molecule has 0 saturated carbocycles. The quantitative estimate of drug-likeness (QED) is 0.749. The molecule has 0 aromatic heterocycles. The van der Waals surface area contributed by atoms with Crippen molar-refractivity contribution in [2.24, 2.45) is 0 Å². The van der Waals surface area contributed by atoms with Gasteiger partial charge in [0.2, 0.25) is 5.91 Å². The largest absolute Gasteiger partial charge is 0.325 e. The van der Waals surface area contributed by atoms with E-state index >= 15 is 0 Å². The first-order valence-electron chi connectivity index (χ1n) is 8.88. The van der Waals surface area contributed by atoms with Crippen LogP contribution in [0.3, 0.4) is 0 Å². The third-order valence-corrected chi connectivity index (χ3v) is 4.97. The molecule has 1 aliphatic rings. The van der Waals surface area contributed by atoms with Crippen LogP contribution in [-0.2, 0) is 4.79 Å². The molecule has 3 aromatic carbocycles. The van der Waals surface area contributed by atoms with Crippen molar-refractivity contribution < 1.29 is 4.79 Å². The van der Waals surface area contributed by atoms with Crippen LogP contribution in [0.5, 0.6) is 0 Å². The Labute approximate surface area is 154 Å². The predicted octanol–water partition coefficient (Wildman–Crippen LogP) is 4.64. The minimum atomic E-state index is -0.00165. The molecular weight excluding hydrogens is 320 g/mol. The molecule has 3 heteroatoms. The number of hydrogen-bond donors (Lipinski definition) is 1. The highest BCUT2D eigenvalue weighted by Crippen LogP contribution is 2.45. The minimum Gasteiger partial charge on any atom is -0.325 e. The zero-order valence-corrected chi connectivity index (χ0v) is 15.1. The maximum absolute atomic E-state index is 12.5. The monoisotopic (exact) mass is 342 g/mol. The number of hydrogen-bond acceptors (Lipinski definition) is 2. The zero-order chi connectivity index (χ0) is 18.1. The Morgan fingerprint density at radius 3 is 2.00 bits per heavy atom. The zero-order valence-electron chi connectivity index (χ0n) is 15.1. The van der Waals surface area contributed by atoms with Gasteiger partial charge < -0.3 is 5.32 Å². The highest BCUT2D eigenvalue weighted by Gasteiger charge is 2.31. The number of amides is 1. The molecule has 0 heterocycles. The molecule has 0 fully saturated rings.